The van der Waals surface area contributed by atoms with Gasteiger partial charge < -0.3 is 9.84 Å². The van der Waals surface area contributed by atoms with Crippen molar-refractivity contribution >= 4 is 17.2 Å². The van der Waals surface area contributed by atoms with Crippen LogP contribution in [0.5, 0.6) is 0 Å². The molecule has 0 unspecified atom stereocenters. The van der Waals surface area contributed by atoms with Gasteiger partial charge in [0.2, 0.25) is 11.7 Å². The molecule has 0 bridgehead atoms. The molecule has 5 rings (SSSR count). The highest BCUT2D eigenvalue weighted by atomic mass is 16.5. The standard InChI is InChI=1S/C22H16N6O3/c29-18(23-16-10-5-2-6-11-16)14-28-22(30)27-13-7-12-17(20(27)25-28)21-24-19(26-31-21)15-8-3-1-4-9-15/h1-13H,14H2,(H,23,29). The van der Waals surface area contributed by atoms with Gasteiger partial charge in [-0.15, -0.1) is 5.10 Å². The normalized spacial score (nSPS) is 11.0. The van der Waals surface area contributed by atoms with Crippen LogP contribution < -0.4 is 11.0 Å². The molecule has 0 fully saturated rings. The summed E-state index contributed by atoms with van der Waals surface area (Å²) in [6, 6.07) is 21.8. The Morgan fingerprint density at radius 3 is 2.48 bits per heavy atom. The Morgan fingerprint density at radius 1 is 0.968 bits per heavy atom. The van der Waals surface area contributed by atoms with Crippen LogP contribution >= 0.6 is 0 Å². The van der Waals surface area contributed by atoms with Crippen molar-refractivity contribution in [3.63, 3.8) is 0 Å². The molecule has 3 aromatic heterocycles. The Kier molecular flexibility index (Phi) is 4.60. The van der Waals surface area contributed by atoms with Gasteiger partial charge in [0.15, 0.2) is 5.65 Å². The van der Waals surface area contributed by atoms with Crippen molar-refractivity contribution in [2.45, 2.75) is 6.54 Å². The largest absolute Gasteiger partial charge is 0.350 e. The highest BCUT2D eigenvalue weighted by molar-refractivity contribution is 5.90. The van der Waals surface area contributed by atoms with Crippen molar-refractivity contribution in [2.24, 2.45) is 0 Å². The zero-order chi connectivity index (χ0) is 21.2. The van der Waals surface area contributed by atoms with Gasteiger partial charge in [0.25, 0.3) is 5.89 Å². The number of rotatable bonds is 5. The van der Waals surface area contributed by atoms with E-state index in [1.54, 1.807) is 30.5 Å². The van der Waals surface area contributed by atoms with Crippen LogP contribution in [0, 0.1) is 0 Å². The van der Waals surface area contributed by atoms with Gasteiger partial charge >= 0.3 is 5.69 Å². The lowest BCUT2D eigenvalue weighted by molar-refractivity contribution is -0.117. The van der Waals surface area contributed by atoms with E-state index in [0.717, 1.165) is 10.2 Å². The summed E-state index contributed by atoms with van der Waals surface area (Å²) in [5.74, 6) is 0.305. The second kappa shape index (κ2) is 7.71. The lowest BCUT2D eigenvalue weighted by Crippen LogP contribution is -2.28. The molecule has 9 heteroatoms. The SMILES string of the molecule is O=C(Cn1nc2c(-c3nc(-c4ccccc4)no3)cccn2c1=O)Nc1ccccc1. The van der Waals surface area contributed by atoms with Crippen LogP contribution in [-0.4, -0.2) is 30.2 Å². The van der Waals surface area contributed by atoms with E-state index in [-0.39, 0.29) is 18.3 Å². The van der Waals surface area contributed by atoms with Crippen molar-refractivity contribution < 1.29 is 9.32 Å². The molecule has 9 nitrogen and oxygen atoms in total. The van der Waals surface area contributed by atoms with Gasteiger partial charge in [-0.1, -0.05) is 53.7 Å². The molecule has 0 saturated carbocycles. The summed E-state index contributed by atoms with van der Waals surface area (Å²) in [5.41, 5.74) is 1.83. The monoisotopic (exact) mass is 412 g/mol. The van der Waals surface area contributed by atoms with E-state index in [9.17, 15) is 9.59 Å². The number of para-hydroxylation sites is 1. The molecule has 1 N–H and O–H groups in total. The number of nitrogens with one attached hydrogen (secondary N) is 1. The van der Waals surface area contributed by atoms with Gasteiger partial charge in [-0.2, -0.15) is 4.98 Å². The van der Waals surface area contributed by atoms with E-state index < -0.39 is 5.69 Å². The minimum absolute atomic E-state index is 0.228. The predicted octanol–water partition coefficient (Wildman–Crippen LogP) is 2.85. The minimum atomic E-state index is -0.442. The van der Waals surface area contributed by atoms with E-state index in [2.05, 4.69) is 20.6 Å². The molecule has 0 radical (unpaired) electrons. The van der Waals surface area contributed by atoms with Crippen molar-refractivity contribution in [1.29, 1.82) is 0 Å². The summed E-state index contributed by atoms with van der Waals surface area (Å²) in [6.45, 7) is -0.228. The quantitative estimate of drug-likeness (QED) is 0.476. The topological polar surface area (TPSA) is 107 Å². The molecule has 0 aliphatic rings. The van der Waals surface area contributed by atoms with Crippen molar-refractivity contribution in [3.05, 3.63) is 89.5 Å². The van der Waals surface area contributed by atoms with Crippen LogP contribution in [0.25, 0.3) is 28.5 Å². The van der Waals surface area contributed by atoms with Crippen molar-refractivity contribution in [3.8, 4) is 22.8 Å². The molecule has 0 aliphatic heterocycles. The Morgan fingerprint density at radius 2 is 1.71 bits per heavy atom. The van der Waals surface area contributed by atoms with Gasteiger partial charge in [0.05, 0.1) is 5.56 Å². The minimum Gasteiger partial charge on any atom is -0.333 e. The van der Waals surface area contributed by atoms with E-state index in [1.165, 1.54) is 4.40 Å². The highest BCUT2D eigenvalue weighted by Gasteiger charge is 2.18. The summed E-state index contributed by atoms with van der Waals surface area (Å²) >= 11 is 0. The summed E-state index contributed by atoms with van der Waals surface area (Å²) in [6.07, 6.45) is 1.58. The van der Waals surface area contributed by atoms with Crippen LogP contribution in [-0.2, 0) is 11.3 Å². The van der Waals surface area contributed by atoms with Crippen LogP contribution in [0.2, 0.25) is 0 Å². The number of carbonyl (C=O) groups excluding carboxylic acids is 1. The molecule has 0 saturated heterocycles. The van der Waals surface area contributed by atoms with Crippen LogP contribution in [0.15, 0.2) is 88.3 Å². The third-order valence-electron chi connectivity index (χ3n) is 4.65. The Hall–Kier alpha value is -4.53. The van der Waals surface area contributed by atoms with E-state index in [4.69, 9.17) is 4.52 Å². The number of carbonyl (C=O) groups is 1. The van der Waals surface area contributed by atoms with Crippen molar-refractivity contribution in [1.82, 2.24) is 24.3 Å². The van der Waals surface area contributed by atoms with Gasteiger partial charge in [0, 0.05) is 17.4 Å². The lowest BCUT2D eigenvalue weighted by Gasteiger charge is -2.03. The maximum absolute atomic E-state index is 12.7. The van der Waals surface area contributed by atoms with Gasteiger partial charge in [-0.25, -0.2) is 13.9 Å². The number of hydrogen-bond acceptors (Lipinski definition) is 6. The van der Waals surface area contributed by atoms with E-state index in [1.807, 2.05) is 48.5 Å². The van der Waals surface area contributed by atoms with E-state index in [0.29, 0.717) is 22.7 Å². The summed E-state index contributed by atoms with van der Waals surface area (Å²) in [7, 11) is 0. The van der Waals surface area contributed by atoms with Crippen LogP contribution in [0.1, 0.15) is 0 Å². The number of fused-ring (bicyclic) bond motifs is 1. The molecule has 2 aromatic carbocycles. The average molecular weight is 412 g/mol. The van der Waals surface area contributed by atoms with Gasteiger partial charge in [0.1, 0.15) is 6.54 Å². The molecule has 31 heavy (non-hydrogen) atoms. The molecule has 5 aromatic rings. The fraction of sp³-hybridized carbons (Fsp3) is 0.0455. The molecular weight excluding hydrogens is 396 g/mol. The maximum Gasteiger partial charge on any atom is 0.350 e. The molecule has 3 heterocycles. The summed E-state index contributed by atoms with van der Waals surface area (Å²) < 4.78 is 7.86. The van der Waals surface area contributed by atoms with E-state index >= 15 is 0 Å². The summed E-state index contributed by atoms with van der Waals surface area (Å²) in [5, 5.41) is 11.1. The lowest BCUT2D eigenvalue weighted by atomic mass is 10.2. The summed E-state index contributed by atoms with van der Waals surface area (Å²) in [4.78, 5) is 29.5. The number of amides is 1. The molecule has 0 atom stereocenters. The first-order valence-corrected chi connectivity index (χ1v) is 9.51. The van der Waals surface area contributed by atoms with Crippen LogP contribution in [0.3, 0.4) is 0 Å². The second-order valence-electron chi connectivity index (χ2n) is 6.76. The number of anilines is 1. The molecule has 0 aliphatic carbocycles. The number of aromatic nitrogens is 5. The first kappa shape index (κ1) is 18.5. The fourth-order valence-electron chi connectivity index (χ4n) is 3.20. The number of hydrogen-bond donors (Lipinski definition) is 1. The zero-order valence-electron chi connectivity index (χ0n) is 16.2. The third-order valence-corrected chi connectivity index (χ3v) is 4.65. The van der Waals surface area contributed by atoms with Crippen LogP contribution in [0.4, 0.5) is 5.69 Å². The first-order valence-electron chi connectivity index (χ1n) is 9.51. The van der Waals surface area contributed by atoms with Gasteiger partial charge in [-0.3, -0.25) is 4.79 Å². The smallest absolute Gasteiger partial charge is 0.333 e. The molecule has 152 valence electrons. The van der Waals surface area contributed by atoms with Crippen molar-refractivity contribution in [2.75, 3.05) is 5.32 Å². The third kappa shape index (κ3) is 3.60. The highest BCUT2D eigenvalue weighted by Crippen LogP contribution is 2.24. The fourth-order valence-corrected chi connectivity index (χ4v) is 3.20. The second-order valence-corrected chi connectivity index (χ2v) is 6.76. The zero-order valence-corrected chi connectivity index (χ0v) is 16.2. The molecule has 1 amide bonds. The number of nitrogens with zero attached hydrogens (tertiary/aromatic N) is 5. The molecule has 0 spiro atoms. The number of pyridine rings is 1. The molecular formula is C22H16N6O3. The Bertz CT molecular complexity index is 1420. The maximum atomic E-state index is 12.7. The predicted molar refractivity (Wildman–Crippen MR) is 113 cm³/mol. The number of benzene rings is 2. The Balaban J connectivity index is 1.47. The first-order chi connectivity index (χ1) is 15.2. The van der Waals surface area contributed by atoms with Gasteiger partial charge in [-0.05, 0) is 24.3 Å². The average Bonchev–Trinajstić information content (AvgIpc) is 3.41. The Labute approximate surface area is 175 Å².